The molecular formula is C12H16N4O2. The first-order valence-electron chi connectivity index (χ1n) is 6.32. The van der Waals surface area contributed by atoms with Gasteiger partial charge in [-0.05, 0) is 25.7 Å². The van der Waals surface area contributed by atoms with Crippen LogP contribution in [0.15, 0.2) is 17.2 Å². The summed E-state index contributed by atoms with van der Waals surface area (Å²) in [5, 5.41) is 6.52. The van der Waals surface area contributed by atoms with Gasteiger partial charge in [0.05, 0.1) is 6.20 Å². The fraction of sp³-hybridized carbons (Fsp3) is 0.583. The van der Waals surface area contributed by atoms with Gasteiger partial charge in [0.15, 0.2) is 0 Å². The van der Waals surface area contributed by atoms with E-state index in [0.717, 1.165) is 19.0 Å². The summed E-state index contributed by atoms with van der Waals surface area (Å²) in [6.07, 6.45) is 6.84. The molecule has 0 saturated carbocycles. The average Bonchev–Trinajstić information content (AvgIpc) is 2.69. The van der Waals surface area contributed by atoms with Gasteiger partial charge in [-0.25, -0.2) is 4.98 Å². The zero-order chi connectivity index (χ0) is 12.5. The van der Waals surface area contributed by atoms with Crippen molar-refractivity contribution in [2.75, 3.05) is 0 Å². The summed E-state index contributed by atoms with van der Waals surface area (Å²) in [6.45, 7) is 0. The number of carbonyl (C=O) groups excluding carboxylic acids is 1. The molecule has 0 spiro atoms. The molecule has 6 heteroatoms. The quantitative estimate of drug-likeness (QED) is 0.675. The Morgan fingerprint density at radius 2 is 2.06 bits per heavy atom. The van der Waals surface area contributed by atoms with Gasteiger partial charge in [0.2, 0.25) is 0 Å². The second-order valence-corrected chi connectivity index (χ2v) is 5.08. The molecule has 2 unspecified atom stereocenters. The van der Waals surface area contributed by atoms with E-state index in [1.807, 2.05) is 0 Å². The number of H-pyrrole nitrogens is 1. The largest absolute Gasteiger partial charge is 0.348 e. The smallest absolute Gasteiger partial charge is 0.271 e. The van der Waals surface area contributed by atoms with Gasteiger partial charge in [-0.3, -0.25) is 9.59 Å². The predicted octanol–water partition coefficient (Wildman–Crippen LogP) is -0.217. The van der Waals surface area contributed by atoms with Crippen LogP contribution in [-0.4, -0.2) is 34.0 Å². The number of piperidine rings is 1. The summed E-state index contributed by atoms with van der Waals surface area (Å²) in [5.74, 6) is -0.211. The minimum Gasteiger partial charge on any atom is -0.348 e. The van der Waals surface area contributed by atoms with E-state index < -0.39 is 0 Å². The number of fused-ring (bicyclic) bond motifs is 2. The van der Waals surface area contributed by atoms with Crippen LogP contribution in [0.5, 0.6) is 0 Å². The Kier molecular flexibility index (Phi) is 2.87. The van der Waals surface area contributed by atoms with Gasteiger partial charge in [0.25, 0.3) is 11.5 Å². The SMILES string of the molecule is O=C(NC1CC2CCC(C1)N2)c1c[nH]c(=O)cn1. The van der Waals surface area contributed by atoms with Gasteiger partial charge in [0, 0.05) is 24.3 Å². The minimum absolute atomic E-state index is 0.211. The highest BCUT2D eigenvalue weighted by Crippen LogP contribution is 2.26. The number of nitrogens with zero attached hydrogens (tertiary/aromatic N) is 1. The number of aromatic amines is 1. The second kappa shape index (κ2) is 4.53. The van der Waals surface area contributed by atoms with Crippen molar-refractivity contribution in [2.45, 2.75) is 43.8 Å². The molecule has 6 nitrogen and oxygen atoms in total. The first-order chi connectivity index (χ1) is 8.70. The molecule has 0 aromatic carbocycles. The molecule has 2 aliphatic rings. The summed E-state index contributed by atoms with van der Waals surface area (Å²) in [5.41, 5.74) is -0.0352. The van der Waals surface area contributed by atoms with Crippen LogP contribution in [0.4, 0.5) is 0 Å². The van der Waals surface area contributed by atoms with E-state index in [1.54, 1.807) is 0 Å². The van der Waals surface area contributed by atoms with Crippen LogP contribution in [-0.2, 0) is 0 Å². The zero-order valence-corrected chi connectivity index (χ0v) is 9.98. The standard InChI is InChI=1S/C12H16N4O2/c17-11-6-13-10(5-14-11)12(18)16-9-3-7-1-2-8(4-9)15-7/h5-9,15H,1-4H2,(H,14,17)(H,16,18). The molecular weight excluding hydrogens is 232 g/mol. The van der Waals surface area contributed by atoms with Gasteiger partial charge in [-0.1, -0.05) is 0 Å². The van der Waals surface area contributed by atoms with E-state index in [-0.39, 0.29) is 23.2 Å². The molecule has 0 aliphatic carbocycles. The van der Waals surface area contributed by atoms with Gasteiger partial charge < -0.3 is 15.6 Å². The molecule has 1 aromatic rings. The molecule has 1 amide bonds. The van der Waals surface area contributed by atoms with Crippen LogP contribution in [0.3, 0.4) is 0 Å². The van der Waals surface area contributed by atoms with E-state index in [1.165, 1.54) is 19.0 Å². The maximum atomic E-state index is 11.9. The summed E-state index contributed by atoms with van der Waals surface area (Å²) < 4.78 is 0. The predicted molar refractivity (Wildman–Crippen MR) is 65.3 cm³/mol. The first kappa shape index (κ1) is 11.4. The van der Waals surface area contributed by atoms with Crippen molar-refractivity contribution in [1.29, 1.82) is 0 Å². The summed E-state index contributed by atoms with van der Waals surface area (Å²) >= 11 is 0. The third-order valence-electron chi connectivity index (χ3n) is 3.71. The molecule has 2 bridgehead atoms. The monoisotopic (exact) mass is 248 g/mol. The van der Waals surface area contributed by atoms with Crippen molar-refractivity contribution in [1.82, 2.24) is 20.6 Å². The van der Waals surface area contributed by atoms with Crippen LogP contribution >= 0.6 is 0 Å². The highest BCUT2D eigenvalue weighted by atomic mass is 16.2. The molecule has 2 atom stereocenters. The molecule has 0 radical (unpaired) electrons. The van der Waals surface area contributed by atoms with Crippen LogP contribution < -0.4 is 16.2 Å². The molecule has 18 heavy (non-hydrogen) atoms. The minimum atomic E-state index is -0.300. The first-order valence-corrected chi connectivity index (χ1v) is 6.32. The number of nitrogens with one attached hydrogen (secondary N) is 3. The third-order valence-corrected chi connectivity index (χ3v) is 3.71. The summed E-state index contributed by atoms with van der Waals surface area (Å²) in [7, 11) is 0. The summed E-state index contributed by atoms with van der Waals surface area (Å²) in [4.78, 5) is 29.1. The lowest BCUT2D eigenvalue weighted by molar-refractivity contribution is 0.0918. The number of amides is 1. The lowest BCUT2D eigenvalue weighted by atomic mass is 10.00. The number of hydrogen-bond acceptors (Lipinski definition) is 4. The van der Waals surface area contributed by atoms with Crippen molar-refractivity contribution in [3.05, 3.63) is 28.4 Å². The topological polar surface area (TPSA) is 86.9 Å². The zero-order valence-electron chi connectivity index (χ0n) is 9.98. The Labute approximate surface area is 104 Å². The van der Waals surface area contributed by atoms with Crippen molar-refractivity contribution in [3.8, 4) is 0 Å². The number of hydrogen-bond donors (Lipinski definition) is 3. The maximum absolute atomic E-state index is 11.9. The van der Waals surface area contributed by atoms with Crippen LogP contribution in [0.25, 0.3) is 0 Å². The Morgan fingerprint density at radius 3 is 2.67 bits per heavy atom. The van der Waals surface area contributed by atoms with E-state index in [9.17, 15) is 9.59 Å². The second-order valence-electron chi connectivity index (χ2n) is 5.08. The molecule has 2 fully saturated rings. The number of aromatic nitrogens is 2. The normalized spacial score (nSPS) is 30.1. The lowest BCUT2D eigenvalue weighted by Gasteiger charge is -2.29. The van der Waals surface area contributed by atoms with Crippen molar-refractivity contribution < 1.29 is 4.79 Å². The molecule has 2 saturated heterocycles. The maximum Gasteiger partial charge on any atom is 0.271 e. The van der Waals surface area contributed by atoms with Gasteiger partial charge in [-0.15, -0.1) is 0 Å². The molecule has 3 rings (SSSR count). The fourth-order valence-electron chi connectivity index (χ4n) is 2.90. The Morgan fingerprint density at radius 1 is 1.33 bits per heavy atom. The molecule has 3 heterocycles. The van der Waals surface area contributed by atoms with Crippen molar-refractivity contribution in [2.24, 2.45) is 0 Å². The van der Waals surface area contributed by atoms with Gasteiger partial charge in [0.1, 0.15) is 5.69 Å². The molecule has 1 aromatic heterocycles. The highest BCUT2D eigenvalue weighted by Gasteiger charge is 2.34. The molecule has 3 N–H and O–H groups in total. The molecule has 96 valence electrons. The molecule has 2 aliphatic heterocycles. The van der Waals surface area contributed by atoms with E-state index in [4.69, 9.17) is 0 Å². The van der Waals surface area contributed by atoms with Crippen molar-refractivity contribution in [3.63, 3.8) is 0 Å². The van der Waals surface area contributed by atoms with Crippen LogP contribution in [0.2, 0.25) is 0 Å². The van der Waals surface area contributed by atoms with Gasteiger partial charge in [-0.2, -0.15) is 0 Å². The summed E-state index contributed by atoms with van der Waals surface area (Å²) in [6, 6.07) is 1.29. The number of rotatable bonds is 2. The van der Waals surface area contributed by atoms with E-state index in [2.05, 4.69) is 20.6 Å². The fourth-order valence-corrected chi connectivity index (χ4v) is 2.90. The van der Waals surface area contributed by atoms with E-state index in [0.29, 0.717) is 12.1 Å². The Bertz CT molecular complexity index is 481. The van der Waals surface area contributed by atoms with Gasteiger partial charge >= 0.3 is 0 Å². The highest BCUT2D eigenvalue weighted by molar-refractivity contribution is 5.92. The lowest BCUT2D eigenvalue weighted by Crippen LogP contribution is -2.48. The van der Waals surface area contributed by atoms with Crippen molar-refractivity contribution >= 4 is 5.91 Å². The number of carbonyl (C=O) groups is 1. The third kappa shape index (κ3) is 2.28. The average molecular weight is 248 g/mol. The van der Waals surface area contributed by atoms with Crippen LogP contribution in [0, 0.1) is 0 Å². The van der Waals surface area contributed by atoms with E-state index >= 15 is 0 Å². The van der Waals surface area contributed by atoms with Crippen LogP contribution in [0.1, 0.15) is 36.2 Å². The Hall–Kier alpha value is -1.69. The Balaban J connectivity index is 1.64.